The predicted molar refractivity (Wildman–Crippen MR) is 58.3 cm³/mol. The lowest BCUT2D eigenvalue weighted by atomic mass is 9.76. The van der Waals surface area contributed by atoms with Crippen molar-refractivity contribution in [2.24, 2.45) is 0 Å². The summed E-state index contributed by atoms with van der Waals surface area (Å²) in [5.41, 5.74) is -0.402. The molecule has 14 heavy (non-hydrogen) atoms. The monoisotopic (exact) mass is 197 g/mol. The molecule has 0 amide bonds. The first-order valence-electron chi connectivity index (χ1n) is 5.99. The van der Waals surface area contributed by atoms with Crippen LogP contribution in [0.1, 0.15) is 52.9 Å². The van der Waals surface area contributed by atoms with Gasteiger partial charge in [-0.2, -0.15) is 0 Å². The van der Waals surface area contributed by atoms with Crippen LogP contribution in [0.15, 0.2) is 0 Å². The van der Waals surface area contributed by atoms with Gasteiger partial charge in [-0.05, 0) is 46.5 Å². The summed E-state index contributed by atoms with van der Waals surface area (Å²) < 4.78 is 0. The van der Waals surface area contributed by atoms with E-state index >= 15 is 0 Å². The van der Waals surface area contributed by atoms with Crippen molar-refractivity contribution in [3.8, 4) is 0 Å². The van der Waals surface area contributed by atoms with Gasteiger partial charge in [0.05, 0.1) is 5.60 Å². The molecule has 0 radical (unpaired) electrons. The molecule has 0 aromatic rings. The number of rotatable bonds is 1. The first kappa shape index (κ1) is 10.4. The number of fused-ring (bicyclic) bond motifs is 2. The maximum atomic E-state index is 10.2. The first-order chi connectivity index (χ1) is 6.49. The Balaban J connectivity index is 2.15. The van der Waals surface area contributed by atoms with Crippen LogP contribution in [-0.2, 0) is 0 Å². The predicted octanol–water partition coefficient (Wildman–Crippen LogP) is 2.16. The number of hydrogen-bond donors (Lipinski definition) is 1. The molecule has 1 N–H and O–H groups in total. The van der Waals surface area contributed by atoms with E-state index in [9.17, 15) is 5.11 Å². The molecule has 82 valence electrons. The highest BCUT2D eigenvalue weighted by atomic mass is 16.3. The fourth-order valence-electron chi connectivity index (χ4n) is 3.54. The molecule has 0 aliphatic carbocycles. The van der Waals surface area contributed by atoms with Gasteiger partial charge in [-0.25, -0.2) is 0 Å². The topological polar surface area (TPSA) is 23.5 Å². The Kier molecular flexibility index (Phi) is 2.61. The van der Waals surface area contributed by atoms with Gasteiger partial charge in [0.25, 0.3) is 0 Å². The van der Waals surface area contributed by atoms with Crippen LogP contribution in [0.25, 0.3) is 0 Å². The van der Waals surface area contributed by atoms with E-state index in [-0.39, 0.29) is 0 Å². The van der Waals surface area contributed by atoms with Gasteiger partial charge in [0.2, 0.25) is 0 Å². The third-order valence-electron chi connectivity index (χ3n) is 3.87. The third-order valence-corrected chi connectivity index (χ3v) is 3.87. The Morgan fingerprint density at radius 1 is 1.21 bits per heavy atom. The second kappa shape index (κ2) is 3.49. The third kappa shape index (κ3) is 1.82. The van der Waals surface area contributed by atoms with E-state index in [4.69, 9.17) is 0 Å². The quantitative estimate of drug-likeness (QED) is 0.696. The standard InChI is InChI=1S/C12H23NO/c1-9(2)13-10-5-4-6-11(13)8-12(3,14)7-10/h9-11,14H,4-8H2,1-3H3. The molecule has 0 aromatic heterocycles. The summed E-state index contributed by atoms with van der Waals surface area (Å²) >= 11 is 0. The minimum Gasteiger partial charge on any atom is -0.390 e. The van der Waals surface area contributed by atoms with Crippen molar-refractivity contribution in [3.63, 3.8) is 0 Å². The summed E-state index contributed by atoms with van der Waals surface area (Å²) in [6.45, 7) is 6.58. The Bertz CT molecular complexity index is 196. The average molecular weight is 197 g/mol. The lowest BCUT2D eigenvalue weighted by Gasteiger charge is -2.53. The largest absolute Gasteiger partial charge is 0.390 e. The van der Waals surface area contributed by atoms with Gasteiger partial charge >= 0.3 is 0 Å². The number of piperidine rings is 2. The van der Waals surface area contributed by atoms with Crippen LogP contribution >= 0.6 is 0 Å². The van der Waals surface area contributed by atoms with Gasteiger partial charge < -0.3 is 5.11 Å². The van der Waals surface area contributed by atoms with Crippen molar-refractivity contribution < 1.29 is 5.11 Å². The summed E-state index contributed by atoms with van der Waals surface area (Å²) in [6, 6.07) is 1.91. The normalized spacial score (nSPS) is 44.4. The van der Waals surface area contributed by atoms with E-state index in [1.54, 1.807) is 0 Å². The van der Waals surface area contributed by atoms with Crippen molar-refractivity contribution in [2.75, 3.05) is 0 Å². The lowest BCUT2D eigenvalue weighted by molar-refractivity contribution is -0.0925. The summed E-state index contributed by atoms with van der Waals surface area (Å²) in [6.07, 6.45) is 5.87. The van der Waals surface area contributed by atoms with E-state index < -0.39 is 5.60 Å². The zero-order chi connectivity index (χ0) is 10.3. The zero-order valence-electron chi connectivity index (χ0n) is 9.66. The average Bonchev–Trinajstić information content (AvgIpc) is 1.99. The number of aliphatic hydroxyl groups is 1. The highest BCUT2D eigenvalue weighted by molar-refractivity contribution is 4.98. The Morgan fingerprint density at radius 3 is 2.14 bits per heavy atom. The molecule has 2 fully saturated rings. The lowest BCUT2D eigenvalue weighted by Crippen LogP contribution is -2.59. The molecule has 0 saturated carbocycles. The molecule has 2 aliphatic rings. The van der Waals surface area contributed by atoms with Gasteiger partial charge in [0.15, 0.2) is 0 Å². The number of hydrogen-bond acceptors (Lipinski definition) is 2. The van der Waals surface area contributed by atoms with Gasteiger partial charge in [-0.1, -0.05) is 6.42 Å². The summed E-state index contributed by atoms with van der Waals surface area (Å²) in [5, 5.41) is 10.2. The van der Waals surface area contributed by atoms with Crippen molar-refractivity contribution in [3.05, 3.63) is 0 Å². The first-order valence-corrected chi connectivity index (χ1v) is 5.99. The van der Waals surface area contributed by atoms with Gasteiger partial charge in [0.1, 0.15) is 0 Å². The maximum Gasteiger partial charge on any atom is 0.0649 e. The molecule has 2 saturated heterocycles. The molecule has 2 atom stereocenters. The summed E-state index contributed by atoms with van der Waals surface area (Å²) in [5.74, 6) is 0. The Labute approximate surface area is 87.3 Å². The second-order valence-corrected chi connectivity index (χ2v) is 5.68. The molecule has 2 unspecified atom stereocenters. The summed E-state index contributed by atoms with van der Waals surface area (Å²) in [4.78, 5) is 2.64. The van der Waals surface area contributed by atoms with E-state index in [0.29, 0.717) is 18.1 Å². The van der Waals surface area contributed by atoms with Gasteiger partial charge in [-0.15, -0.1) is 0 Å². The maximum absolute atomic E-state index is 10.2. The second-order valence-electron chi connectivity index (χ2n) is 5.68. The van der Waals surface area contributed by atoms with Crippen LogP contribution in [0.5, 0.6) is 0 Å². The number of nitrogens with zero attached hydrogens (tertiary/aromatic N) is 1. The zero-order valence-corrected chi connectivity index (χ0v) is 9.66. The molecule has 2 heterocycles. The molecular formula is C12H23NO. The smallest absolute Gasteiger partial charge is 0.0649 e. The van der Waals surface area contributed by atoms with Crippen LogP contribution in [0, 0.1) is 0 Å². The molecule has 0 spiro atoms. The fourth-order valence-corrected chi connectivity index (χ4v) is 3.54. The molecule has 2 aliphatic heterocycles. The molecule has 2 bridgehead atoms. The van der Waals surface area contributed by atoms with Crippen LogP contribution in [0.3, 0.4) is 0 Å². The molecular weight excluding hydrogens is 174 g/mol. The summed E-state index contributed by atoms with van der Waals surface area (Å²) in [7, 11) is 0. The van der Waals surface area contributed by atoms with Crippen LogP contribution < -0.4 is 0 Å². The Morgan fingerprint density at radius 2 is 1.71 bits per heavy atom. The van der Waals surface area contributed by atoms with Crippen molar-refractivity contribution in [1.82, 2.24) is 4.90 Å². The fraction of sp³-hybridized carbons (Fsp3) is 1.00. The van der Waals surface area contributed by atoms with E-state index in [0.717, 1.165) is 12.8 Å². The molecule has 2 nitrogen and oxygen atoms in total. The SMILES string of the molecule is CC(C)N1C2CCCC1CC(C)(O)C2. The minimum absolute atomic E-state index is 0.402. The van der Waals surface area contributed by atoms with E-state index in [2.05, 4.69) is 18.7 Å². The van der Waals surface area contributed by atoms with Gasteiger partial charge in [0, 0.05) is 18.1 Å². The minimum atomic E-state index is -0.402. The van der Waals surface area contributed by atoms with Crippen molar-refractivity contribution in [2.45, 2.75) is 76.6 Å². The van der Waals surface area contributed by atoms with Crippen LogP contribution in [0.2, 0.25) is 0 Å². The van der Waals surface area contributed by atoms with Gasteiger partial charge in [-0.3, -0.25) is 4.90 Å². The van der Waals surface area contributed by atoms with E-state index in [1.807, 2.05) is 6.92 Å². The van der Waals surface area contributed by atoms with E-state index in [1.165, 1.54) is 19.3 Å². The van der Waals surface area contributed by atoms with Crippen LogP contribution in [-0.4, -0.2) is 33.7 Å². The molecule has 2 heteroatoms. The van der Waals surface area contributed by atoms with Crippen molar-refractivity contribution >= 4 is 0 Å². The van der Waals surface area contributed by atoms with Crippen LogP contribution in [0.4, 0.5) is 0 Å². The highest BCUT2D eigenvalue weighted by Crippen LogP contribution is 2.39. The van der Waals surface area contributed by atoms with Crippen molar-refractivity contribution in [1.29, 1.82) is 0 Å². The Hall–Kier alpha value is -0.0800. The molecule has 2 rings (SSSR count). The highest BCUT2D eigenvalue weighted by Gasteiger charge is 2.43. The molecule has 0 aromatic carbocycles.